The molecule has 0 spiro atoms. The van der Waals surface area contributed by atoms with E-state index in [4.69, 9.17) is 4.42 Å². The second-order valence-electron chi connectivity index (χ2n) is 4.97. The van der Waals surface area contributed by atoms with Gasteiger partial charge in [0.15, 0.2) is 5.76 Å². The normalized spacial score (nSPS) is 11.7. The molecule has 0 atom stereocenters. The molecule has 0 aromatic carbocycles. The van der Waals surface area contributed by atoms with Gasteiger partial charge in [0.1, 0.15) is 4.21 Å². The van der Waals surface area contributed by atoms with E-state index in [1.807, 2.05) is 13.0 Å². The van der Waals surface area contributed by atoms with Crippen molar-refractivity contribution in [1.29, 1.82) is 0 Å². The molecule has 1 N–H and O–H groups in total. The number of carbonyl (C=O) groups excluding carboxylic acids is 1. The average molecular weight is 382 g/mol. The van der Waals surface area contributed by atoms with E-state index in [0.717, 1.165) is 16.2 Å². The molecule has 0 bridgehead atoms. The SMILES string of the molecule is CCc1ccc(S(=O)(=O)NCc2ccc(C(=O)c3ccco3)s2)s1. The number of sulfonamides is 1. The standard InChI is InChI=1S/C16H15NO4S3/c1-2-11-6-8-15(23-11)24(19,20)17-10-12-5-7-14(22-12)16(18)13-4-3-9-21-13/h3-9,17H,2,10H2,1H3. The fourth-order valence-electron chi connectivity index (χ4n) is 2.05. The molecule has 0 aliphatic carbocycles. The molecule has 0 fully saturated rings. The van der Waals surface area contributed by atoms with Crippen LogP contribution in [0.15, 0.2) is 51.3 Å². The van der Waals surface area contributed by atoms with E-state index in [1.165, 1.54) is 28.9 Å². The van der Waals surface area contributed by atoms with Crippen molar-refractivity contribution in [3.05, 3.63) is 63.1 Å². The molecule has 5 nitrogen and oxygen atoms in total. The van der Waals surface area contributed by atoms with Crippen molar-refractivity contribution in [3.8, 4) is 0 Å². The van der Waals surface area contributed by atoms with Gasteiger partial charge in [0.05, 0.1) is 11.1 Å². The lowest BCUT2D eigenvalue weighted by atomic mass is 10.2. The van der Waals surface area contributed by atoms with E-state index in [1.54, 1.807) is 30.3 Å². The first-order valence-corrected chi connectivity index (χ1v) is 10.4. The van der Waals surface area contributed by atoms with Crippen LogP contribution in [0, 0.1) is 0 Å². The van der Waals surface area contributed by atoms with Gasteiger partial charge in [-0.25, -0.2) is 13.1 Å². The summed E-state index contributed by atoms with van der Waals surface area (Å²) < 4.78 is 32.5. The van der Waals surface area contributed by atoms with Gasteiger partial charge in [0.25, 0.3) is 0 Å². The van der Waals surface area contributed by atoms with Crippen LogP contribution in [-0.4, -0.2) is 14.2 Å². The smallest absolute Gasteiger partial charge is 0.250 e. The van der Waals surface area contributed by atoms with E-state index >= 15 is 0 Å². The van der Waals surface area contributed by atoms with Gasteiger partial charge in [0.2, 0.25) is 15.8 Å². The molecule has 24 heavy (non-hydrogen) atoms. The van der Waals surface area contributed by atoms with Gasteiger partial charge in [-0.05, 0) is 42.8 Å². The number of furan rings is 1. The van der Waals surface area contributed by atoms with Crippen LogP contribution in [0.2, 0.25) is 0 Å². The Kier molecular flexibility index (Phi) is 5.00. The van der Waals surface area contributed by atoms with Gasteiger partial charge < -0.3 is 4.42 Å². The summed E-state index contributed by atoms with van der Waals surface area (Å²) in [5.74, 6) is 0.0691. The molecule has 0 unspecified atom stereocenters. The maximum Gasteiger partial charge on any atom is 0.250 e. The van der Waals surface area contributed by atoms with Crippen molar-refractivity contribution < 1.29 is 17.6 Å². The Hall–Kier alpha value is -1.74. The quantitative estimate of drug-likeness (QED) is 0.634. The number of thiophene rings is 2. The van der Waals surface area contributed by atoms with Crippen LogP contribution >= 0.6 is 22.7 Å². The zero-order valence-electron chi connectivity index (χ0n) is 12.8. The third-order valence-corrected chi connectivity index (χ3v) is 7.52. The lowest BCUT2D eigenvalue weighted by molar-refractivity contribution is 0.101. The number of ketones is 1. The monoisotopic (exact) mass is 381 g/mol. The molecule has 3 aromatic rings. The lowest BCUT2D eigenvalue weighted by Crippen LogP contribution is -2.21. The van der Waals surface area contributed by atoms with E-state index in [0.29, 0.717) is 9.09 Å². The van der Waals surface area contributed by atoms with Crippen LogP contribution in [0.4, 0.5) is 0 Å². The molecule has 8 heteroatoms. The first-order chi connectivity index (χ1) is 11.5. The number of rotatable bonds is 7. The number of aryl methyl sites for hydroxylation is 1. The van der Waals surface area contributed by atoms with Crippen molar-refractivity contribution in [3.63, 3.8) is 0 Å². The molecule has 126 valence electrons. The van der Waals surface area contributed by atoms with E-state index in [2.05, 4.69) is 4.72 Å². The van der Waals surface area contributed by atoms with Crippen molar-refractivity contribution in [1.82, 2.24) is 4.72 Å². The maximum absolute atomic E-state index is 12.3. The van der Waals surface area contributed by atoms with Gasteiger partial charge in [-0.2, -0.15) is 0 Å². The van der Waals surface area contributed by atoms with E-state index in [9.17, 15) is 13.2 Å². The van der Waals surface area contributed by atoms with Crippen LogP contribution in [0.1, 0.15) is 32.1 Å². The molecule has 3 aromatic heterocycles. The highest BCUT2D eigenvalue weighted by Crippen LogP contribution is 2.24. The minimum Gasteiger partial charge on any atom is -0.461 e. The van der Waals surface area contributed by atoms with Gasteiger partial charge >= 0.3 is 0 Å². The highest BCUT2D eigenvalue weighted by Gasteiger charge is 2.18. The fraction of sp³-hybridized carbons (Fsp3) is 0.188. The number of hydrogen-bond donors (Lipinski definition) is 1. The Morgan fingerprint density at radius 2 is 1.92 bits per heavy atom. The van der Waals surface area contributed by atoms with Crippen LogP contribution in [-0.2, 0) is 23.0 Å². The van der Waals surface area contributed by atoms with Crippen molar-refractivity contribution in [2.24, 2.45) is 0 Å². The minimum atomic E-state index is -3.53. The largest absolute Gasteiger partial charge is 0.461 e. The first kappa shape index (κ1) is 17.1. The Morgan fingerprint density at radius 1 is 1.12 bits per heavy atom. The summed E-state index contributed by atoms with van der Waals surface area (Å²) in [5, 5.41) is 0. The van der Waals surface area contributed by atoms with E-state index in [-0.39, 0.29) is 18.1 Å². The van der Waals surface area contributed by atoms with Crippen LogP contribution < -0.4 is 4.72 Å². The summed E-state index contributed by atoms with van der Waals surface area (Å²) in [4.78, 5) is 14.5. The Labute approximate surface area is 148 Å². The molecule has 3 heterocycles. The second-order valence-corrected chi connectivity index (χ2v) is 9.30. The molecule has 0 saturated heterocycles. The third-order valence-electron chi connectivity index (χ3n) is 3.32. The highest BCUT2D eigenvalue weighted by molar-refractivity contribution is 7.91. The summed E-state index contributed by atoms with van der Waals surface area (Å²) in [7, 11) is -3.53. The number of hydrogen-bond acceptors (Lipinski definition) is 6. The molecular weight excluding hydrogens is 366 g/mol. The molecule has 0 aliphatic heterocycles. The molecule has 0 amide bonds. The number of nitrogens with one attached hydrogen (secondary N) is 1. The van der Waals surface area contributed by atoms with Gasteiger partial charge in [-0.15, -0.1) is 22.7 Å². The first-order valence-electron chi connectivity index (χ1n) is 7.25. The van der Waals surface area contributed by atoms with Gasteiger partial charge in [-0.1, -0.05) is 6.92 Å². The zero-order valence-corrected chi connectivity index (χ0v) is 15.3. The van der Waals surface area contributed by atoms with Crippen molar-refractivity contribution in [2.75, 3.05) is 0 Å². The Balaban J connectivity index is 1.68. The minimum absolute atomic E-state index is 0.151. The average Bonchev–Trinajstić information content (AvgIpc) is 3.33. The van der Waals surface area contributed by atoms with Gasteiger partial charge in [-0.3, -0.25) is 4.79 Å². The fourth-order valence-corrected chi connectivity index (χ4v) is 5.38. The summed E-state index contributed by atoms with van der Waals surface area (Å²) in [6.07, 6.45) is 2.25. The van der Waals surface area contributed by atoms with Crippen LogP contribution in [0.25, 0.3) is 0 Å². The highest BCUT2D eigenvalue weighted by atomic mass is 32.2. The summed E-state index contributed by atoms with van der Waals surface area (Å²) in [5.41, 5.74) is 0. The predicted octanol–water partition coefficient (Wildman–Crippen LogP) is 3.67. The summed E-state index contributed by atoms with van der Waals surface area (Å²) >= 11 is 2.52. The van der Waals surface area contributed by atoms with Crippen LogP contribution in [0.3, 0.4) is 0 Å². The molecule has 0 saturated carbocycles. The van der Waals surface area contributed by atoms with Gasteiger partial charge in [0, 0.05) is 16.3 Å². The topological polar surface area (TPSA) is 76.4 Å². The lowest BCUT2D eigenvalue weighted by Gasteiger charge is -2.02. The summed E-state index contributed by atoms with van der Waals surface area (Å²) in [6.45, 7) is 2.14. The molecular formula is C16H15NO4S3. The molecule has 3 rings (SSSR count). The second kappa shape index (κ2) is 7.02. The Morgan fingerprint density at radius 3 is 2.58 bits per heavy atom. The van der Waals surface area contributed by atoms with Crippen molar-refractivity contribution in [2.45, 2.75) is 24.1 Å². The molecule has 0 radical (unpaired) electrons. The maximum atomic E-state index is 12.3. The third kappa shape index (κ3) is 3.67. The zero-order chi connectivity index (χ0) is 17.2. The summed E-state index contributed by atoms with van der Waals surface area (Å²) in [6, 6.07) is 10.1. The molecule has 0 aliphatic rings. The van der Waals surface area contributed by atoms with E-state index < -0.39 is 10.0 Å². The van der Waals surface area contributed by atoms with Crippen molar-refractivity contribution >= 4 is 38.5 Å². The van der Waals surface area contributed by atoms with Crippen LogP contribution in [0.5, 0.6) is 0 Å². The predicted molar refractivity (Wildman–Crippen MR) is 94.2 cm³/mol. The Bertz CT molecular complexity index is 936. The number of carbonyl (C=O) groups is 1.